The standard InChI is InChI=1S/C14H20N4OS2/c1-17(2)14-16-12-10(21-14)8-11(20-12)13(19)18(3)9-4-6-15-7-5-9/h8-9,15H,4-7H2,1-3H3. The molecule has 1 amide bonds. The lowest BCUT2D eigenvalue weighted by Crippen LogP contribution is -2.43. The minimum atomic E-state index is 0.128. The summed E-state index contributed by atoms with van der Waals surface area (Å²) >= 11 is 3.14. The van der Waals surface area contributed by atoms with Gasteiger partial charge in [-0.3, -0.25) is 4.79 Å². The average molecular weight is 324 g/mol. The monoisotopic (exact) mass is 324 g/mol. The van der Waals surface area contributed by atoms with Gasteiger partial charge in [0.1, 0.15) is 4.83 Å². The molecule has 1 fully saturated rings. The Morgan fingerprint density at radius 3 is 2.62 bits per heavy atom. The van der Waals surface area contributed by atoms with Gasteiger partial charge in [0.05, 0.1) is 9.58 Å². The molecule has 2 aromatic heterocycles. The van der Waals surface area contributed by atoms with Crippen molar-refractivity contribution in [2.75, 3.05) is 39.1 Å². The molecule has 0 aliphatic carbocycles. The van der Waals surface area contributed by atoms with Gasteiger partial charge in [-0.05, 0) is 32.0 Å². The van der Waals surface area contributed by atoms with E-state index >= 15 is 0 Å². The second-order valence-electron chi connectivity index (χ2n) is 5.57. The third-order valence-electron chi connectivity index (χ3n) is 3.85. The van der Waals surface area contributed by atoms with E-state index in [-0.39, 0.29) is 5.91 Å². The highest BCUT2D eigenvalue weighted by Crippen LogP contribution is 2.34. The molecule has 5 nitrogen and oxygen atoms in total. The molecule has 0 saturated carbocycles. The number of fused-ring (bicyclic) bond motifs is 1. The summed E-state index contributed by atoms with van der Waals surface area (Å²) < 4.78 is 1.10. The van der Waals surface area contributed by atoms with Gasteiger partial charge in [-0.2, -0.15) is 0 Å². The Balaban J connectivity index is 1.79. The minimum Gasteiger partial charge on any atom is -0.354 e. The number of carbonyl (C=O) groups excluding carboxylic acids is 1. The fourth-order valence-corrected chi connectivity index (χ4v) is 4.67. The smallest absolute Gasteiger partial charge is 0.264 e. The molecule has 21 heavy (non-hydrogen) atoms. The number of piperidine rings is 1. The van der Waals surface area contributed by atoms with Crippen LogP contribution < -0.4 is 10.2 Å². The summed E-state index contributed by atoms with van der Waals surface area (Å²) in [5.74, 6) is 0.128. The predicted octanol–water partition coefficient (Wildman–Crippen LogP) is 2.25. The van der Waals surface area contributed by atoms with Crippen molar-refractivity contribution < 1.29 is 4.79 Å². The van der Waals surface area contributed by atoms with Crippen molar-refractivity contribution in [3.05, 3.63) is 10.9 Å². The highest BCUT2D eigenvalue weighted by molar-refractivity contribution is 7.29. The largest absolute Gasteiger partial charge is 0.354 e. The van der Waals surface area contributed by atoms with E-state index in [2.05, 4.69) is 10.3 Å². The highest BCUT2D eigenvalue weighted by atomic mass is 32.1. The van der Waals surface area contributed by atoms with E-state index in [1.54, 1.807) is 11.3 Å². The van der Waals surface area contributed by atoms with Crippen LogP contribution in [0.2, 0.25) is 0 Å². The van der Waals surface area contributed by atoms with Gasteiger partial charge in [0.2, 0.25) is 0 Å². The second kappa shape index (κ2) is 5.90. The first-order valence-electron chi connectivity index (χ1n) is 7.12. The van der Waals surface area contributed by atoms with Crippen molar-refractivity contribution >= 4 is 43.2 Å². The summed E-state index contributed by atoms with van der Waals surface area (Å²) in [4.78, 5) is 22.9. The molecule has 3 rings (SSSR count). The van der Waals surface area contributed by atoms with Gasteiger partial charge >= 0.3 is 0 Å². The van der Waals surface area contributed by atoms with Crippen LogP contribution in [0.1, 0.15) is 22.5 Å². The third kappa shape index (κ3) is 2.90. The normalized spacial score (nSPS) is 16.3. The molecule has 1 aliphatic heterocycles. The van der Waals surface area contributed by atoms with Gasteiger partial charge in [0.25, 0.3) is 5.91 Å². The number of nitrogens with zero attached hydrogens (tertiary/aromatic N) is 3. The molecule has 0 atom stereocenters. The maximum absolute atomic E-state index is 12.6. The fraction of sp³-hybridized carbons (Fsp3) is 0.571. The number of rotatable bonds is 3. The Morgan fingerprint density at radius 1 is 1.29 bits per heavy atom. The van der Waals surface area contributed by atoms with E-state index in [4.69, 9.17) is 0 Å². The Labute approximate surface area is 132 Å². The number of thiazole rings is 1. The number of carbonyl (C=O) groups is 1. The van der Waals surface area contributed by atoms with Crippen molar-refractivity contribution in [3.8, 4) is 0 Å². The zero-order valence-electron chi connectivity index (χ0n) is 12.5. The number of amides is 1. The Bertz CT molecular complexity index is 611. The molecule has 114 valence electrons. The predicted molar refractivity (Wildman–Crippen MR) is 89.8 cm³/mol. The lowest BCUT2D eigenvalue weighted by molar-refractivity contribution is 0.0708. The molecule has 0 aromatic carbocycles. The van der Waals surface area contributed by atoms with Crippen LogP contribution in [-0.2, 0) is 0 Å². The van der Waals surface area contributed by atoms with Crippen molar-refractivity contribution in [3.63, 3.8) is 0 Å². The van der Waals surface area contributed by atoms with Crippen molar-refractivity contribution in [1.82, 2.24) is 15.2 Å². The van der Waals surface area contributed by atoms with Crippen LogP contribution in [-0.4, -0.2) is 56.1 Å². The van der Waals surface area contributed by atoms with E-state index in [1.165, 1.54) is 11.3 Å². The van der Waals surface area contributed by atoms with Crippen LogP contribution in [0.15, 0.2) is 6.07 Å². The van der Waals surface area contributed by atoms with Crippen LogP contribution in [0.25, 0.3) is 9.53 Å². The topological polar surface area (TPSA) is 48.5 Å². The molecule has 2 aromatic rings. The van der Waals surface area contributed by atoms with Gasteiger partial charge in [0, 0.05) is 27.2 Å². The molecule has 0 radical (unpaired) electrons. The molecule has 7 heteroatoms. The van der Waals surface area contributed by atoms with Crippen LogP contribution in [0.5, 0.6) is 0 Å². The maximum Gasteiger partial charge on any atom is 0.264 e. The van der Waals surface area contributed by atoms with Crippen LogP contribution in [0.3, 0.4) is 0 Å². The molecular formula is C14H20N4OS2. The van der Waals surface area contributed by atoms with E-state index in [9.17, 15) is 4.79 Å². The van der Waals surface area contributed by atoms with Gasteiger partial charge in [-0.25, -0.2) is 4.98 Å². The summed E-state index contributed by atoms with van der Waals surface area (Å²) in [5.41, 5.74) is 0. The molecule has 0 spiro atoms. The Hall–Kier alpha value is -1.18. The molecule has 1 aliphatic rings. The van der Waals surface area contributed by atoms with Crippen molar-refractivity contribution in [1.29, 1.82) is 0 Å². The Morgan fingerprint density at radius 2 is 2.00 bits per heavy atom. The lowest BCUT2D eigenvalue weighted by atomic mass is 10.1. The van der Waals surface area contributed by atoms with Gasteiger partial charge in [0.15, 0.2) is 5.13 Å². The SMILES string of the molecule is CN(C)c1nc2sc(C(=O)N(C)C3CCNCC3)cc2s1. The quantitative estimate of drug-likeness (QED) is 0.941. The van der Waals surface area contributed by atoms with Crippen LogP contribution in [0.4, 0.5) is 5.13 Å². The number of thiophene rings is 1. The third-order valence-corrected chi connectivity index (χ3v) is 6.16. The zero-order chi connectivity index (χ0) is 15.0. The Kier molecular flexibility index (Phi) is 4.14. The maximum atomic E-state index is 12.6. The minimum absolute atomic E-state index is 0.128. The van der Waals surface area contributed by atoms with E-state index in [0.29, 0.717) is 6.04 Å². The summed E-state index contributed by atoms with van der Waals surface area (Å²) in [6, 6.07) is 2.34. The van der Waals surface area contributed by atoms with Gasteiger partial charge in [-0.15, -0.1) is 11.3 Å². The van der Waals surface area contributed by atoms with E-state index < -0.39 is 0 Å². The number of anilines is 1. The molecule has 1 saturated heterocycles. The number of hydrogen-bond donors (Lipinski definition) is 1. The zero-order valence-corrected chi connectivity index (χ0v) is 14.2. The molecule has 3 heterocycles. The summed E-state index contributed by atoms with van der Waals surface area (Å²) in [7, 11) is 5.89. The van der Waals surface area contributed by atoms with Crippen LogP contribution >= 0.6 is 22.7 Å². The molecular weight excluding hydrogens is 304 g/mol. The van der Waals surface area contributed by atoms with Gasteiger partial charge < -0.3 is 15.1 Å². The summed E-state index contributed by atoms with van der Waals surface area (Å²) in [6.07, 6.45) is 2.07. The lowest BCUT2D eigenvalue weighted by Gasteiger charge is -2.31. The molecule has 1 N–H and O–H groups in total. The van der Waals surface area contributed by atoms with Gasteiger partial charge in [-0.1, -0.05) is 11.3 Å². The first-order chi connectivity index (χ1) is 10.1. The number of aromatic nitrogens is 1. The van der Waals surface area contributed by atoms with Crippen molar-refractivity contribution in [2.24, 2.45) is 0 Å². The number of hydrogen-bond acceptors (Lipinski definition) is 6. The first-order valence-corrected chi connectivity index (χ1v) is 8.75. The molecule has 0 unspecified atom stereocenters. The van der Waals surface area contributed by atoms with Crippen LogP contribution in [0, 0.1) is 0 Å². The molecule has 0 bridgehead atoms. The second-order valence-corrected chi connectivity index (χ2v) is 7.61. The van der Waals surface area contributed by atoms with Crippen molar-refractivity contribution in [2.45, 2.75) is 18.9 Å². The fourth-order valence-electron chi connectivity index (χ4n) is 2.55. The number of nitrogens with one attached hydrogen (secondary N) is 1. The average Bonchev–Trinajstić information content (AvgIpc) is 3.05. The van der Waals surface area contributed by atoms with E-state index in [0.717, 1.165) is 45.5 Å². The van der Waals surface area contributed by atoms with E-state index in [1.807, 2.05) is 37.0 Å². The summed E-state index contributed by atoms with van der Waals surface area (Å²) in [5, 5.41) is 4.32. The highest BCUT2D eigenvalue weighted by Gasteiger charge is 2.24. The first kappa shape index (κ1) is 14.7. The summed E-state index contributed by atoms with van der Waals surface area (Å²) in [6.45, 7) is 1.99.